The first kappa shape index (κ1) is 7.99. The zero-order chi connectivity index (χ0) is 9.10. The van der Waals surface area contributed by atoms with Gasteiger partial charge in [0.15, 0.2) is 0 Å². The summed E-state index contributed by atoms with van der Waals surface area (Å²) in [5.74, 6) is 0. The molecule has 0 N–H and O–H groups in total. The van der Waals surface area contributed by atoms with Crippen LogP contribution in [0.15, 0.2) is 42.6 Å². The summed E-state index contributed by atoms with van der Waals surface area (Å²) in [6, 6.07) is 11.2. The third kappa shape index (κ3) is 1.75. The second-order valence-corrected chi connectivity index (χ2v) is 2.66. The Morgan fingerprint density at radius 3 is 2.46 bits per heavy atom. The van der Waals surface area contributed by atoms with Crippen LogP contribution in [0, 0.1) is 0 Å². The van der Waals surface area contributed by atoms with Gasteiger partial charge in [-0.05, 0) is 23.8 Å². The fraction of sp³-hybridized carbons (Fsp3) is 0. The van der Waals surface area contributed by atoms with Gasteiger partial charge in [-0.25, -0.2) is 0 Å². The highest BCUT2D eigenvalue weighted by atomic mass is 14.8. The van der Waals surface area contributed by atoms with Gasteiger partial charge in [0.05, 0.1) is 11.4 Å². The van der Waals surface area contributed by atoms with Gasteiger partial charge in [0.1, 0.15) is 7.85 Å². The summed E-state index contributed by atoms with van der Waals surface area (Å²) in [6.07, 6.45) is 1.74. The van der Waals surface area contributed by atoms with E-state index in [1.54, 1.807) is 12.3 Å². The van der Waals surface area contributed by atoms with Crippen molar-refractivity contribution >= 4 is 13.4 Å². The first-order valence-corrected chi connectivity index (χ1v) is 4.00. The van der Waals surface area contributed by atoms with Crippen LogP contribution in [0.1, 0.15) is 0 Å². The smallest absolute Gasteiger partial charge is 0.141 e. The van der Waals surface area contributed by atoms with Crippen molar-refractivity contribution in [1.29, 1.82) is 0 Å². The summed E-state index contributed by atoms with van der Waals surface area (Å²) in [5, 5.41) is 0. The molecule has 60 valence electrons. The lowest BCUT2D eigenvalue weighted by molar-refractivity contribution is 1.27. The molecule has 0 aliphatic heterocycles. The molecule has 2 heterocycles. The highest BCUT2D eigenvalue weighted by molar-refractivity contribution is 6.30. The summed E-state index contributed by atoms with van der Waals surface area (Å²) in [4.78, 5) is 8.33. The van der Waals surface area contributed by atoms with Gasteiger partial charge in [0.25, 0.3) is 0 Å². The molecule has 0 amide bonds. The van der Waals surface area contributed by atoms with Crippen molar-refractivity contribution in [3.63, 3.8) is 0 Å². The van der Waals surface area contributed by atoms with Crippen molar-refractivity contribution in [1.82, 2.24) is 9.97 Å². The van der Waals surface area contributed by atoms with E-state index in [4.69, 9.17) is 7.85 Å². The van der Waals surface area contributed by atoms with Crippen molar-refractivity contribution in [2.45, 2.75) is 0 Å². The zero-order valence-electron chi connectivity index (χ0n) is 7.01. The van der Waals surface area contributed by atoms with E-state index in [0.717, 1.165) is 11.4 Å². The Balaban J connectivity index is 2.48. The van der Waals surface area contributed by atoms with E-state index < -0.39 is 0 Å². The molecule has 0 saturated carbocycles. The summed E-state index contributed by atoms with van der Waals surface area (Å²) in [6.45, 7) is 0. The average molecular weight is 166 g/mol. The van der Waals surface area contributed by atoms with E-state index in [2.05, 4.69) is 9.97 Å². The molecule has 2 aromatic heterocycles. The van der Waals surface area contributed by atoms with E-state index in [1.165, 1.54) is 0 Å². The minimum Gasteiger partial charge on any atom is -0.263 e. The first-order valence-electron chi connectivity index (χ1n) is 4.00. The van der Waals surface area contributed by atoms with Gasteiger partial charge < -0.3 is 0 Å². The van der Waals surface area contributed by atoms with E-state index in [0.29, 0.717) is 5.59 Å². The maximum Gasteiger partial charge on any atom is 0.141 e. The Morgan fingerprint density at radius 1 is 0.923 bits per heavy atom. The highest BCUT2D eigenvalue weighted by Crippen LogP contribution is 2.10. The first-order chi connectivity index (χ1) is 6.36. The summed E-state index contributed by atoms with van der Waals surface area (Å²) in [7, 11) is 5.56. The molecule has 2 rings (SSSR count). The van der Waals surface area contributed by atoms with Crippen molar-refractivity contribution < 1.29 is 0 Å². The van der Waals surface area contributed by atoms with Gasteiger partial charge in [-0.2, -0.15) is 0 Å². The van der Waals surface area contributed by atoms with Crippen LogP contribution in [0.3, 0.4) is 0 Å². The fourth-order valence-electron chi connectivity index (χ4n) is 1.11. The van der Waals surface area contributed by atoms with Crippen LogP contribution in [0.2, 0.25) is 0 Å². The Kier molecular flexibility index (Phi) is 2.09. The molecular weight excluding hydrogens is 159 g/mol. The molecule has 0 spiro atoms. The fourth-order valence-corrected chi connectivity index (χ4v) is 1.11. The zero-order valence-corrected chi connectivity index (χ0v) is 7.01. The van der Waals surface area contributed by atoms with Crippen LogP contribution in [-0.4, -0.2) is 17.8 Å². The van der Waals surface area contributed by atoms with Crippen molar-refractivity contribution in [3.8, 4) is 11.4 Å². The Morgan fingerprint density at radius 2 is 1.77 bits per heavy atom. The lowest BCUT2D eigenvalue weighted by atomic mass is 10.0. The average Bonchev–Trinajstić information content (AvgIpc) is 2.19. The Hall–Kier alpha value is -1.64. The van der Waals surface area contributed by atoms with E-state index in [1.807, 2.05) is 30.3 Å². The minimum atomic E-state index is 0.517. The number of pyridine rings is 2. The van der Waals surface area contributed by atoms with E-state index in [9.17, 15) is 0 Å². The normalized spacial score (nSPS) is 9.85. The predicted octanol–water partition coefficient (Wildman–Crippen LogP) is 0.937. The molecule has 0 bridgehead atoms. The van der Waals surface area contributed by atoms with Crippen molar-refractivity contribution in [2.24, 2.45) is 0 Å². The van der Waals surface area contributed by atoms with Crippen LogP contribution >= 0.6 is 0 Å². The third-order valence-corrected chi connectivity index (χ3v) is 1.70. The second kappa shape index (κ2) is 3.39. The Bertz CT molecular complexity index is 401. The molecule has 2 radical (unpaired) electrons. The molecule has 0 fully saturated rings. The molecule has 0 saturated heterocycles. The van der Waals surface area contributed by atoms with Crippen LogP contribution in [0.5, 0.6) is 0 Å². The monoisotopic (exact) mass is 166 g/mol. The van der Waals surface area contributed by atoms with Crippen LogP contribution < -0.4 is 5.59 Å². The number of hydrogen-bond acceptors (Lipinski definition) is 2. The molecule has 2 nitrogen and oxygen atoms in total. The number of aromatic nitrogens is 2. The molecule has 2 aromatic rings. The second-order valence-electron chi connectivity index (χ2n) is 2.66. The SMILES string of the molecule is [B]c1cccc(-c2ccccn2)n1. The molecular formula is C10H7BN2. The summed E-state index contributed by atoms with van der Waals surface area (Å²) >= 11 is 0. The van der Waals surface area contributed by atoms with Crippen molar-refractivity contribution in [3.05, 3.63) is 42.6 Å². The molecule has 13 heavy (non-hydrogen) atoms. The topological polar surface area (TPSA) is 25.8 Å². The van der Waals surface area contributed by atoms with Gasteiger partial charge in [0, 0.05) is 6.20 Å². The van der Waals surface area contributed by atoms with Gasteiger partial charge in [-0.3, -0.25) is 9.97 Å². The quantitative estimate of drug-likeness (QED) is 0.589. The molecule has 0 atom stereocenters. The molecule has 0 aromatic carbocycles. The lowest BCUT2D eigenvalue weighted by Gasteiger charge is -1.99. The Labute approximate surface area is 78.1 Å². The van der Waals surface area contributed by atoms with E-state index in [-0.39, 0.29) is 0 Å². The molecule has 3 heteroatoms. The lowest BCUT2D eigenvalue weighted by Crippen LogP contribution is -2.07. The minimum absolute atomic E-state index is 0.517. The van der Waals surface area contributed by atoms with Gasteiger partial charge >= 0.3 is 0 Å². The van der Waals surface area contributed by atoms with Gasteiger partial charge in [-0.15, -0.1) is 0 Å². The summed E-state index contributed by atoms with van der Waals surface area (Å²) in [5.41, 5.74) is 2.17. The van der Waals surface area contributed by atoms with Crippen LogP contribution in [0.25, 0.3) is 11.4 Å². The molecule has 0 aliphatic carbocycles. The van der Waals surface area contributed by atoms with Crippen LogP contribution in [-0.2, 0) is 0 Å². The number of hydrogen-bond donors (Lipinski definition) is 0. The maximum absolute atomic E-state index is 5.56. The number of rotatable bonds is 1. The third-order valence-electron chi connectivity index (χ3n) is 1.70. The van der Waals surface area contributed by atoms with Gasteiger partial charge in [0.2, 0.25) is 0 Å². The predicted molar refractivity (Wildman–Crippen MR) is 52.9 cm³/mol. The highest BCUT2D eigenvalue weighted by Gasteiger charge is 1.97. The maximum atomic E-state index is 5.56. The standard InChI is InChI=1S/C10H7BN2/c11-10-6-3-5-9(13-10)8-4-1-2-7-12-8/h1-7H. The van der Waals surface area contributed by atoms with Crippen LogP contribution in [0.4, 0.5) is 0 Å². The molecule has 0 aliphatic rings. The van der Waals surface area contributed by atoms with E-state index >= 15 is 0 Å². The largest absolute Gasteiger partial charge is 0.263 e. The van der Waals surface area contributed by atoms with Crippen molar-refractivity contribution in [2.75, 3.05) is 0 Å². The van der Waals surface area contributed by atoms with Gasteiger partial charge in [-0.1, -0.05) is 18.2 Å². The molecule has 0 unspecified atom stereocenters. The summed E-state index contributed by atoms with van der Waals surface area (Å²) < 4.78 is 0. The number of nitrogens with zero attached hydrogens (tertiary/aromatic N) is 2.